The molecule has 0 heterocycles. The Bertz CT molecular complexity index is 463. The lowest BCUT2D eigenvalue weighted by atomic mass is 10.1. The molecule has 3 N–H and O–H groups in total. The van der Waals surface area contributed by atoms with Gasteiger partial charge in [-0.25, -0.2) is 0 Å². The average molecular weight is 268 g/mol. The first kappa shape index (κ1) is 14.2. The third kappa shape index (κ3) is 3.33. The number of carbonyl (C=O) groups excluding carboxylic acids is 1. The number of benzene rings is 1. The Morgan fingerprint density at radius 3 is 2.56 bits per heavy atom. The number of hydrogen-bond donors (Lipinski definition) is 2. The SMILES string of the molecule is COc1ccc(NC(=O)C(C)C(N)=S)c(OC)c1. The van der Waals surface area contributed by atoms with Crippen LogP contribution < -0.4 is 20.5 Å². The molecule has 0 fully saturated rings. The number of thiocarbonyl (C=S) groups is 1. The topological polar surface area (TPSA) is 73.6 Å². The van der Waals surface area contributed by atoms with Gasteiger partial charge in [-0.15, -0.1) is 0 Å². The third-order valence-electron chi connectivity index (χ3n) is 2.49. The van der Waals surface area contributed by atoms with Crippen molar-refractivity contribution in [3.05, 3.63) is 18.2 Å². The minimum Gasteiger partial charge on any atom is -0.497 e. The van der Waals surface area contributed by atoms with Crippen molar-refractivity contribution in [3.63, 3.8) is 0 Å². The number of anilines is 1. The van der Waals surface area contributed by atoms with E-state index in [2.05, 4.69) is 5.32 Å². The first-order chi connectivity index (χ1) is 8.49. The molecule has 0 saturated carbocycles. The summed E-state index contributed by atoms with van der Waals surface area (Å²) in [6.07, 6.45) is 0. The highest BCUT2D eigenvalue weighted by atomic mass is 32.1. The lowest BCUT2D eigenvalue weighted by Gasteiger charge is -2.14. The van der Waals surface area contributed by atoms with E-state index in [-0.39, 0.29) is 10.9 Å². The molecule has 1 amide bonds. The van der Waals surface area contributed by atoms with Crippen molar-refractivity contribution in [2.75, 3.05) is 19.5 Å². The first-order valence-electron chi connectivity index (χ1n) is 5.31. The van der Waals surface area contributed by atoms with E-state index in [1.54, 1.807) is 32.2 Å². The van der Waals surface area contributed by atoms with Gasteiger partial charge in [0.15, 0.2) is 0 Å². The Kier molecular flexibility index (Phi) is 4.91. The lowest BCUT2D eigenvalue weighted by molar-refractivity contribution is -0.117. The molecule has 6 heteroatoms. The summed E-state index contributed by atoms with van der Waals surface area (Å²) in [5.74, 6) is 0.350. The van der Waals surface area contributed by atoms with Gasteiger partial charge in [0.25, 0.3) is 0 Å². The molecule has 0 aliphatic heterocycles. The number of hydrogen-bond acceptors (Lipinski definition) is 4. The molecule has 1 aromatic carbocycles. The van der Waals surface area contributed by atoms with Gasteiger partial charge in [0.1, 0.15) is 11.5 Å². The van der Waals surface area contributed by atoms with E-state index >= 15 is 0 Å². The molecule has 5 nitrogen and oxygen atoms in total. The van der Waals surface area contributed by atoms with Gasteiger partial charge in [0.05, 0.1) is 30.8 Å². The molecule has 0 aromatic heterocycles. The number of ether oxygens (including phenoxy) is 2. The maximum Gasteiger partial charge on any atom is 0.234 e. The molecule has 1 aromatic rings. The molecule has 1 rings (SSSR count). The summed E-state index contributed by atoms with van der Waals surface area (Å²) in [6.45, 7) is 1.65. The Hall–Kier alpha value is -1.82. The van der Waals surface area contributed by atoms with Crippen LogP contribution in [0.25, 0.3) is 0 Å². The fourth-order valence-electron chi connectivity index (χ4n) is 1.27. The van der Waals surface area contributed by atoms with Crippen LogP contribution in [-0.4, -0.2) is 25.1 Å². The summed E-state index contributed by atoms with van der Waals surface area (Å²) in [5, 5.41) is 2.71. The molecule has 18 heavy (non-hydrogen) atoms. The molecule has 0 aliphatic rings. The van der Waals surface area contributed by atoms with Crippen LogP contribution in [0.5, 0.6) is 11.5 Å². The van der Waals surface area contributed by atoms with Crippen molar-refractivity contribution in [3.8, 4) is 11.5 Å². The molecule has 0 radical (unpaired) electrons. The Morgan fingerprint density at radius 2 is 2.06 bits per heavy atom. The molecule has 0 spiro atoms. The summed E-state index contributed by atoms with van der Waals surface area (Å²) in [7, 11) is 3.07. The van der Waals surface area contributed by atoms with Crippen LogP contribution in [0.1, 0.15) is 6.92 Å². The zero-order valence-corrected chi connectivity index (χ0v) is 11.3. The highest BCUT2D eigenvalue weighted by molar-refractivity contribution is 7.80. The second-order valence-corrected chi connectivity index (χ2v) is 4.15. The van der Waals surface area contributed by atoms with Crippen LogP contribution in [-0.2, 0) is 4.79 Å². The van der Waals surface area contributed by atoms with Crippen LogP contribution in [0.2, 0.25) is 0 Å². The van der Waals surface area contributed by atoms with Gasteiger partial charge in [-0.1, -0.05) is 12.2 Å². The monoisotopic (exact) mass is 268 g/mol. The van der Waals surface area contributed by atoms with Crippen molar-refractivity contribution < 1.29 is 14.3 Å². The van der Waals surface area contributed by atoms with Crippen molar-refractivity contribution in [2.45, 2.75) is 6.92 Å². The van der Waals surface area contributed by atoms with E-state index in [9.17, 15) is 4.79 Å². The molecular formula is C12H16N2O3S. The van der Waals surface area contributed by atoms with Crippen LogP contribution in [0.15, 0.2) is 18.2 Å². The van der Waals surface area contributed by atoms with Crippen LogP contribution in [0, 0.1) is 5.92 Å². The third-order valence-corrected chi connectivity index (χ3v) is 2.84. The minimum absolute atomic E-state index is 0.153. The van der Waals surface area contributed by atoms with E-state index in [4.69, 9.17) is 27.4 Å². The van der Waals surface area contributed by atoms with E-state index in [1.807, 2.05) is 0 Å². The maximum atomic E-state index is 11.8. The number of nitrogens with two attached hydrogens (primary N) is 1. The predicted octanol–water partition coefficient (Wildman–Crippen LogP) is 1.56. The molecule has 1 atom stereocenters. The van der Waals surface area contributed by atoms with Gasteiger partial charge in [-0.3, -0.25) is 4.79 Å². The Balaban J connectivity index is 2.90. The Labute approximate surface area is 111 Å². The van der Waals surface area contributed by atoms with Crippen molar-refractivity contribution in [1.82, 2.24) is 0 Å². The molecular weight excluding hydrogens is 252 g/mol. The maximum absolute atomic E-state index is 11.8. The number of carbonyl (C=O) groups is 1. The van der Waals surface area contributed by atoms with Crippen LogP contribution in [0.4, 0.5) is 5.69 Å². The molecule has 98 valence electrons. The van der Waals surface area contributed by atoms with Gasteiger partial charge in [0.2, 0.25) is 5.91 Å². The highest BCUT2D eigenvalue weighted by Gasteiger charge is 2.17. The van der Waals surface area contributed by atoms with Gasteiger partial charge >= 0.3 is 0 Å². The number of rotatable bonds is 5. The van der Waals surface area contributed by atoms with E-state index in [1.165, 1.54) is 7.11 Å². The highest BCUT2D eigenvalue weighted by Crippen LogP contribution is 2.29. The fourth-order valence-corrected chi connectivity index (χ4v) is 1.38. The lowest BCUT2D eigenvalue weighted by Crippen LogP contribution is -2.30. The summed E-state index contributed by atoms with van der Waals surface area (Å²) in [5.41, 5.74) is 5.97. The zero-order chi connectivity index (χ0) is 13.7. The van der Waals surface area contributed by atoms with E-state index in [0.717, 1.165) is 0 Å². The van der Waals surface area contributed by atoms with Gasteiger partial charge in [-0.05, 0) is 19.1 Å². The second kappa shape index (κ2) is 6.20. The molecule has 0 aliphatic carbocycles. The molecule has 1 unspecified atom stereocenters. The first-order valence-corrected chi connectivity index (χ1v) is 5.72. The summed E-state index contributed by atoms with van der Waals surface area (Å²) in [4.78, 5) is 12.0. The zero-order valence-electron chi connectivity index (χ0n) is 10.5. The van der Waals surface area contributed by atoms with Crippen molar-refractivity contribution >= 4 is 28.8 Å². The van der Waals surface area contributed by atoms with Crippen LogP contribution in [0.3, 0.4) is 0 Å². The molecule has 0 saturated heterocycles. The summed E-state index contributed by atoms with van der Waals surface area (Å²) in [6, 6.07) is 5.10. The predicted molar refractivity (Wildman–Crippen MR) is 74.1 cm³/mol. The summed E-state index contributed by atoms with van der Waals surface area (Å²) >= 11 is 4.78. The van der Waals surface area contributed by atoms with Crippen molar-refractivity contribution in [2.24, 2.45) is 11.7 Å². The minimum atomic E-state index is -0.535. The largest absolute Gasteiger partial charge is 0.497 e. The summed E-state index contributed by atoms with van der Waals surface area (Å²) < 4.78 is 10.2. The number of nitrogens with one attached hydrogen (secondary N) is 1. The number of methoxy groups -OCH3 is 2. The normalized spacial score (nSPS) is 11.5. The van der Waals surface area contributed by atoms with Gasteiger partial charge < -0.3 is 20.5 Å². The van der Waals surface area contributed by atoms with Crippen LogP contribution >= 0.6 is 12.2 Å². The average Bonchev–Trinajstić information content (AvgIpc) is 2.37. The number of amides is 1. The van der Waals surface area contributed by atoms with Gasteiger partial charge in [-0.2, -0.15) is 0 Å². The van der Waals surface area contributed by atoms with Gasteiger partial charge in [0, 0.05) is 6.07 Å². The fraction of sp³-hybridized carbons (Fsp3) is 0.333. The smallest absolute Gasteiger partial charge is 0.234 e. The van der Waals surface area contributed by atoms with Crippen molar-refractivity contribution in [1.29, 1.82) is 0 Å². The second-order valence-electron chi connectivity index (χ2n) is 3.68. The quantitative estimate of drug-likeness (QED) is 0.793. The standard InChI is InChI=1S/C12H16N2O3S/c1-7(11(13)18)12(15)14-9-5-4-8(16-2)6-10(9)17-3/h4-7H,1-3H3,(H2,13,18)(H,14,15). The van der Waals surface area contributed by atoms with E-state index < -0.39 is 5.92 Å². The molecule has 0 bridgehead atoms. The van der Waals surface area contributed by atoms with E-state index in [0.29, 0.717) is 17.2 Å². The Morgan fingerprint density at radius 1 is 1.39 bits per heavy atom.